The number of ether oxygens (including phenoxy) is 1. The second-order valence-corrected chi connectivity index (χ2v) is 8.54. The lowest BCUT2D eigenvalue weighted by Gasteiger charge is -2.23. The lowest BCUT2D eigenvalue weighted by molar-refractivity contribution is 0.231. The molecular weight excluding hydrogens is 358 g/mol. The van der Waals surface area contributed by atoms with Gasteiger partial charge in [-0.1, -0.05) is 6.92 Å². The van der Waals surface area contributed by atoms with Crippen LogP contribution in [0.2, 0.25) is 0 Å². The number of fused-ring (bicyclic) bond motifs is 2. The van der Waals surface area contributed by atoms with Crippen LogP contribution in [0.1, 0.15) is 27.2 Å². The number of benzene rings is 1. The van der Waals surface area contributed by atoms with Gasteiger partial charge in [0.1, 0.15) is 11.3 Å². The molecule has 0 saturated carbocycles. The molecule has 4 aromatic rings. The van der Waals surface area contributed by atoms with E-state index in [4.69, 9.17) is 10.5 Å². The zero-order valence-electron chi connectivity index (χ0n) is 15.7. The van der Waals surface area contributed by atoms with Crippen LogP contribution in [0.15, 0.2) is 42.2 Å². The molecule has 0 unspecified atom stereocenters. The molecule has 0 spiro atoms. The van der Waals surface area contributed by atoms with E-state index in [1.165, 1.54) is 0 Å². The molecule has 4 rings (SSSR count). The number of aromatic nitrogens is 4. The SMILES string of the molecule is C[C@H](COc1ccc(-c2ccnc3ccnn23)c2scnc12)CC(C)(C)N. The van der Waals surface area contributed by atoms with Gasteiger partial charge in [-0.2, -0.15) is 5.10 Å². The maximum atomic E-state index is 6.12. The Hall–Kier alpha value is -2.51. The molecule has 0 aliphatic heterocycles. The van der Waals surface area contributed by atoms with E-state index in [9.17, 15) is 0 Å². The van der Waals surface area contributed by atoms with Gasteiger partial charge in [0.25, 0.3) is 0 Å². The third-order valence-electron chi connectivity index (χ3n) is 4.41. The van der Waals surface area contributed by atoms with Crippen LogP contribution < -0.4 is 10.5 Å². The van der Waals surface area contributed by atoms with E-state index < -0.39 is 0 Å². The van der Waals surface area contributed by atoms with Crippen molar-refractivity contribution in [1.29, 1.82) is 0 Å². The fourth-order valence-corrected chi connectivity index (χ4v) is 4.30. The van der Waals surface area contributed by atoms with Crippen LogP contribution in [0, 0.1) is 5.92 Å². The van der Waals surface area contributed by atoms with Crippen LogP contribution >= 0.6 is 11.3 Å². The zero-order valence-corrected chi connectivity index (χ0v) is 16.5. The molecule has 140 valence electrons. The van der Waals surface area contributed by atoms with Crippen LogP contribution in [0.3, 0.4) is 0 Å². The Balaban J connectivity index is 1.66. The summed E-state index contributed by atoms with van der Waals surface area (Å²) in [7, 11) is 0. The van der Waals surface area contributed by atoms with Gasteiger partial charge in [-0.3, -0.25) is 0 Å². The molecule has 0 radical (unpaired) electrons. The van der Waals surface area contributed by atoms with Crippen molar-refractivity contribution in [2.75, 3.05) is 6.61 Å². The minimum absolute atomic E-state index is 0.195. The van der Waals surface area contributed by atoms with Gasteiger partial charge in [-0.05, 0) is 44.4 Å². The summed E-state index contributed by atoms with van der Waals surface area (Å²) in [5.41, 5.74) is 11.6. The molecule has 3 heterocycles. The Kier molecular flexibility index (Phi) is 4.57. The van der Waals surface area contributed by atoms with Crippen LogP contribution in [0.5, 0.6) is 5.75 Å². The molecule has 0 aliphatic rings. The quantitative estimate of drug-likeness (QED) is 0.543. The first-order valence-corrected chi connectivity index (χ1v) is 9.87. The normalized spacial score (nSPS) is 13.3. The Morgan fingerprint density at radius 3 is 2.85 bits per heavy atom. The number of hydrogen-bond acceptors (Lipinski definition) is 6. The highest BCUT2D eigenvalue weighted by Crippen LogP contribution is 2.36. The maximum Gasteiger partial charge on any atom is 0.155 e. The van der Waals surface area contributed by atoms with Crippen molar-refractivity contribution in [2.45, 2.75) is 32.7 Å². The number of nitrogens with zero attached hydrogens (tertiary/aromatic N) is 4. The van der Waals surface area contributed by atoms with Crippen molar-refractivity contribution in [2.24, 2.45) is 11.7 Å². The van der Waals surface area contributed by atoms with Gasteiger partial charge in [0, 0.05) is 23.4 Å². The second kappa shape index (κ2) is 6.90. The Morgan fingerprint density at radius 1 is 1.19 bits per heavy atom. The Labute approximate surface area is 162 Å². The summed E-state index contributed by atoms with van der Waals surface area (Å²) < 4.78 is 9.04. The highest BCUT2D eigenvalue weighted by molar-refractivity contribution is 7.17. The molecule has 7 heteroatoms. The Bertz CT molecular complexity index is 1080. The number of thiazole rings is 1. The molecule has 1 atom stereocenters. The highest BCUT2D eigenvalue weighted by Gasteiger charge is 2.18. The summed E-state index contributed by atoms with van der Waals surface area (Å²) in [5.74, 6) is 1.17. The topological polar surface area (TPSA) is 78.3 Å². The first kappa shape index (κ1) is 17.9. The molecule has 0 saturated heterocycles. The van der Waals surface area contributed by atoms with Gasteiger partial charge in [0.15, 0.2) is 5.65 Å². The fraction of sp³-hybridized carbons (Fsp3) is 0.350. The average Bonchev–Trinajstić information content (AvgIpc) is 3.27. The van der Waals surface area contributed by atoms with Gasteiger partial charge >= 0.3 is 0 Å². The Morgan fingerprint density at radius 2 is 2.04 bits per heavy atom. The average molecular weight is 382 g/mol. The lowest BCUT2D eigenvalue weighted by atomic mass is 9.93. The molecule has 0 aliphatic carbocycles. The van der Waals surface area contributed by atoms with Crippen LogP contribution in [0.4, 0.5) is 0 Å². The summed E-state index contributed by atoms with van der Waals surface area (Å²) in [6, 6.07) is 7.93. The molecular formula is C20H23N5OS. The summed E-state index contributed by atoms with van der Waals surface area (Å²) in [6.07, 6.45) is 4.47. The zero-order chi connectivity index (χ0) is 19.0. The van der Waals surface area contributed by atoms with Crippen molar-refractivity contribution in [3.8, 4) is 17.0 Å². The van der Waals surface area contributed by atoms with E-state index in [1.807, 2.05) is 42.1 Å². The minimum atomic E-state index is -0.195. The first-order valence-electron chi connectivity index (χ1n) is 8.99. The molecule has 3 aromatic heterocycles. The van der Waals surface area contributed by atoms with Crippen molar-refractivity contribution >= 4 is 27.2 Å². The standard InChI is InChI=1S/C20H23N5OS/c1-13(10-20(2,3)21)11-26-16-5-4-14(19-18(16)23-12-27-19)15-6-8-22-17-7-9-24-25(15)17/h4-9,12-13H,10-11,21H2,1-3H3/t13-/m0/s1. The highest BCUT2D eigenvalue weighted by atomic mass is 32.1. The number of rotatable bonds is 6. The summed E-state index contributed by atoms with van der Waals surface area (Å²) in [6.45, 7) is 6.86. The summed E-state index contributed by atoms with van der Waals surface area (Å²) in [5, 5.41) is 4.40. The van der Waals surface area contributed by atoms with Gasteiger partial charge in [-0.15, -0.1) is 11.3 Å². The smallest absolute Gasteiger partial charge is 0.155 e. The monoisotopic (exact) mass is 381 g/mol. The van der Waals surface area contributed by atoms with Gasteiger partial charge in [0.2, 0.25) is 0 Å². The van der Waals surface area contributed by atoms with E-state index in [1.54, 1.807) is 23.7 Å². The summed E-state index contributed by atoms with van der Waals surface area (Å²) in [4.78, 5) is 8.89. The van der Waals surface area contributed by atoms with Gasteiger partial charge < -0.3 is 10.5 Å². The van der Waals surface area contributed by atoms with Crippen LogP contribution in [0.25, 0.3) is 27.1 Å². The molecule has 6 nitrogen and oxygen atoms in total. The van der Waals surface area contributed by atoms with Crippen LogP contribution in [-0.2, 0) is 0 Å². The van der Waals surface area contributed by atoms with Crippen LogP contribution in [-0.4, -0.2) is 31.7 Å². The fourth-order valence-electron chi connectivity index (χ4n) is 3.47. The molecule has 2 N–H and O–H groups in total. The van der Waals surface area contributed by atoms with E-state index in [2.05, 4.69) is 28.1 Å². The van der Waals surface area contributed by atoms with Crippen molar-refractivity contribution in [3.63, 3.8) is 0 Å². The van der Waals surface area contributed by atoms with E-state index in [0.29, 0.717) is 12.5 Å². The van der Waals surface area contributed by atoms with E-state index >= 15 is 0 Å². The number of nitrogens with two attached hydrogens (primary N) is 1. The van der Waals surface area contributed by atoms with Gasteiger partial charge in [-0.25, -0.2) is 14.5 Å². The van der Waals surface area contributed by atoms with Crippen molar-refractivity contribution < 1.29 is 4.74 Å². The number of hydrogen-bond donors (Lipinski definition) is 1. The minimum Gasteiger partial charge on any atom is -0.491 e. The van der Waals surface area contributed by atoms with Crippen molar-refractivity contribution in [3.05, 3.63) is 42.2 Å². The third kappa shape index (κ3) is 3.65. The molecule has 0 bridgehead atoms. The maximum absolute atomic E-state index is 6.12. The largest absolute Gasteiger partial charge is 0.491 e. The van der Waals surface area contributed by atoms with E-state index in [0.717, 1.165) is 39.3 Å². The van der Waals surface area contributed by atoms with Crippen molar-refractivity contribution in [1.82, 2.24) is 19.6 Å². The second-order valence-electron chi connectivity index (χ2n) is 7.68. The molecule has 0 amide bonds. The molecule has 27 heavy (non-hydrogen) atoms. The predicted octanol–water partition coefficient (Wildman–Crippen LogP) is 4.15. The third-order valence-corrected chi connectivity index (χ3v) is 5.27. The molecule has 1 aromatic carbocycles. The van der Waals surface area contributed by atoms with E-state index in [-0.39, 0.29) is 5.54 Å². The molecule has 0 fully saturated rings. The summed E-state index contributed by atoms with van der Waals surface area (Å²) >= 11 is 1.61. The van der Waals surface area contributed by atoms with Gasteiger partial charge in [0.05, 0.1) is 28.7 Å². The first-order chi connectivity index (χ1) is 12.9. The lowest BCUT2D eigenvalue weighted by Crippen LogP contribution is -2.35. The predicted molar refractivity (Wildman–Crippen MR) is 109 cm³/mol.